The fourth-order valence-corrected chi connectivity index (χ4v) is 1.71. The van der Waals surface area contributed by atoms with Crippen molar-refractivity contribution < 1.29 is 4.79 Å². The number of aryl methyl sites for hydroxylation is 1. The van der Waals surface area contributed by atoms with Gasteiger partial charge >= 0.3 is 0 Å². The van der Waals surface area contributed by atoms with Gasteiger partial charge in [0.25, 0.3) is 5.91 Å². The standard InChI is InChI=1S/C15H24N2O/c1-5-11(3)10-17-15(18)13-7-8-14(16-6-2)12(4)9-13/h7-9,11,16H,5-6,10H2,1-4H3,(H,17,18). The molecule has 0 saturated carbocycles. The summed E-state index contributed by atoms with van der Waals surface area (Å²) in [4.78, 5) is 12.0. The van der Waals surface area contributed by atoms with Crippen molar-refractivity contribution in [2.45, 2.75) is 34.1 Å². The van der Waals surface area contributed by atoms with E-state index >= 15 is 0 Å². The number of carbonyl (C=O) groups is 1. The first-order chi connectivity index (χ1) is 8.58. The second-order valence-electron chi connectivity index (χ2n) is 4.78. The quantitative estimate of drug-likeness (QED) is 0.811. The minimum absolute atomic E-state index is 0.0152. The number of anilines is 1. The van der Waals surface area contributed by atoms with Crippen LogP contribution in [0, 0.1) is 12.8 Å². The molecule has 0 aliphatic carbocycles. The molecular formula is C15H24N2O. The molecule has 3 nitrogen and oxygen atoms in total. The molecule has 3 heteroatoms. The van der Waals surface area contributed by atoms with Crippen LogP contribution >= 0.6 is 0 Å². The van der Waals surface area contributed by atoms with Gasteiger partial charge in [-0.15, -0.1) is 0 Å². The Hall–Kier alpha value is -1.51. The zero-order chi connectivity index (χ0) is 13.5. The molecule has 0 spiro atoms. The van der Waals surface area contributed by atoms with E-state index in [9.17, 15) is 4.79 Å². The first-order valence-electron chi connectivity index (χ1n) is 6.71. The van der Waals surface area contributed by atoms with E-state index in [4.69, 9.17) is 0 Å². The molecule has 0 bridgehead atoms. The highest BCUT2D eigenvalue weighted by Crippen LogP contribution is 2.16. The van der Waals surface area contributed by atoms with Crippen molar-refractivity contribution in [1.29, 1.82) is 0 Å². The highest BCUT2D eigenvalue weighted by molar-refractivity contribution is 5.94. The summed E-state index contributed by atoms with van der Waals surface area (Å²) in [7, 11) is 0. The second-order valence-corrected chi connectivity index (χ2v) is 4.78. The van der Waals surface area contributed by atoms with E-state index in [2.05, 4.69) is 31.4 Å². The lowest BCUT2D eigenvalue weighted by Crippen LogP contribution is -2.28. The number of carbonyl (C=O) groups excluding carboxylic acids is 1. The summed E-state index contributed by atoms with van der Waals surface area (Å²) in [5.41, 5.74) is 2.93. The van der Waals surface area contributed by atoms with Crippen LogP contribution in [0.1, 0.15) is 43.1 Å². The Bertz CT molecular complexity index is 401. The molecule has 0 saturated heterocycles. The van der Waals surface area contributed by atoms with Crippen LogP contribution in [-0.4, -0.2) is 19.0 Å². The van der Waals surface area contributed by atoms with Gasteiger partial charge in [-0.05, 0) is 43.5 Å². The molecule has 0 aliphatic heterocycles. The maximum Gasteiger partial charge on any atom is 0.251 e. The van der Waals surface area contributed by atoms with E-state index in [0.29, 0.717) is 5.92 Å². The predicted octanol–water partition coefficient (Wildman–Crippen LogP) is 3.20. The van der Waals surface area contributed by atoms with Gasteiger partial charge in [0.15, 0.2) is 0 Å². The van der Waals surface area contributed by atoms with Crippen LogP contribution < -0.4 is 10.6 Å². The van der Waals surface area contributed by atoms with Crippen molar-refractivity contribution in [1.82, 2.24) is 5.32 Å². The first kappa shape index (κ1) is 14.6. The summed E-state index contributed by atoms with van der Waals surface area (Å²) in [6.07, 6.45) is 1.08. The molecule has 1 unspecified atom stereocenters. The molecule has 0 aliphatic rings. The highest BCUT2D eigenvalue weighted by atomic mass is 16.1. The van der Waals surface area contributed by atoms with Gasteiger partial charge < -0.3 is 10.6 Å². The van der Waals surface area contributed by atoms with Crippen molar-refractivity contribution in [2.24, 2.45) is 5.92 Å². The smallest absolute Gasteiger partial charge is 0.251 e. The number of benzene rings is 1. The zero-order valence-electron chi connectivity index (χ0n) is 11.8. The van der Waals surface area contributed by atoms with E-state index in [1.54, 1.807) is 0 Å². The van der Waals surface area contributed by atoms with Gasteiger partial charge in [0.1, 0.15) is 0 Å². The van der Waals surface area contributed by atoms with Gasteiger partial charge in [-0.3, -0.25) is 4.79 Å². The summed E-state index contributed by atoms with van der Waals surface area (Å²) in [6, 6.07) is 5.78. The summed E-state index contributed by atoms with van der Waals surface area (Å²) in [5.74, 6) is 0.539. The van der Waals surface area contributed by atoms with Crippen molar-refractivity contribution in [3.8, 4) is 0 Å². The molecule has 1 amide bonds. The Kier molecular flexibility index (Phi) is 5.69. The molecule has 0 fully saturated rings. The Morgan fingerprint density at radius 3 is 2.61 bits per heavy atom. The maximum absolute atomic E-state index is 12.0. The number of hydrogen-bond acceptors (Lipinski definition) is 2. The van der Waals surface area contributed by atoms with E-state index < -0.39 is 0 Å². The largest absolute Gasteiger partial charge is 0.385 e. The highest BCUT2D eigenvalue weighted by Gasteiger charge is 2.08. The SMILES string of the molecule is CCNc1ccc(C(=O)NCC(C)CC)cc1C. The Labute approximate surface area is 110 Å². The fourth-order valence-electron chi connectivity index (χ4n) is 1.71. The van der Waals surface area contributed by atoms with Crippen molar-refractivity contribution >= 4 is 11.6 Å². The van der Waals surface area contributed by atoms with Crippen LogP contribution in [0.25, 0.3) is 0 Å². The van der Waals surface area contributed by atoms with E-state index in [1.807, 2.05) is 25.1 Å². The summed E-state index contributed by atoms with van der Waals surface area (Å²) < 4.78 is 0. The average Bonchev–Trinajstić information content (AvgIpc) is 2.38. The Morgan fingerprint density at radius 1 is 1.33 bits per heavy atom. The average molecular weight is 248 g/mol. The Balaban J connectivity index is 2.66. The lowest BCUT2D eigenvalue weighted by Gasteiger charge is -2.12. The molecule has 18 heavy (non-hydrogen) atoms. The monoisotopic (exact) mass is 248 g/mol. The summed E-state index contributed by atoms with van der Waals surface area (Å²) in [6.45, 7) is 9.98. The van der Waals surface area contributed by atoms with Crippen LogP contribution in [0.15, 0.2) is 18.2 Å². The molecule has 1 aromatic rings. The van der Waals surface area contributed by atoms with E-state index in [0.717, 1.165) is 36.3 Å². The van der Waals surface area contributed by atoms with Crippen molar-refractivity contribution in [3.63, 3.8) is 0 Å². The number of nitrogens with one attached hydrogen (secondary N) is 2. The molecule has 1 rings (SSSR count). The number of rotatable bonds is 6. The normalized spacial score (nSPS) is 12.0. The predicted molar refractivity (Wildman–Crippen MR) is 77.1 cm³/mol. The van der Waals surface area contributed by atoms with Crippen molar-refractivity contribution in [3.05, 3.63) is 29.3 Å². The molecule has 0 radical (unpaired) electrons. The molecule has 1 aromatic carbocycles. The first-order valence-corrected chi connectivity index (χ1v) is 6.71. The van der Waals surface area contributed by atoms with Gasteiger partial charge in [-0.1, -0.05) is 20.3 Å². The van der Waals surface area contributed by atoms with Crippen LogP contribution in [0.2, 0.25) is 0 Å². The fraction of sp³-hybridized carbons (Fsp3) is 0.533. The molecule has 0 aromatic heterocycles. The third-order valence-corrected chi connectivity index (χ3v) is 3.16. The van der Waals surface area contributed by atoms with Gasteiger partial charge in [-0.25, -0.2) is 0 Å². The van der Waals surface area contributed by atoms with Gasteiger partial charge in [0, 0.05) is 24.3 Å². The molecule has 0 heterocycles. The van der Waals surface area contributed by atoms with E-state index in [1.165, 1.54) is 0 Å². The molecular weight excluding hydrogens is 224 g/mol. The van der Waals surface area contributed by atoms with Gasteiger partial charge in [0.05, 0.1) is 0 Å². The molecule has 2 N–H and O–H groups in total. The Morgan fingerprint density at radius 2 is 2.06 bits per heavy atom. The van der Waals surface area contributed by atoms with Gasteiger partial charge in [0.2, 0.25) is 0 Å². The maximum atomic E-state index is 12.0. The third-order valence-electron chi connectivity index (χ3n) is 3.16. The number of hydrogen-bond donors (Lipinski definition) is 2. The lowest BCUT2D eigenvalue weighted by atomic mass is 10.1. The van der Waals surface area contributed by atoms with Crippen LogP contribution in [0.4, 0.5) is 5.69 Å². The summed E-state index contributed by atoms with van der Waals surface area (Å²) in [5, 5.41) is 6.24. The summed E-state index contributed by atoms with van der Waals surface area (Å²) >= 11 is 0. The van der Waals surface area contributed by atoms with Gasteiger partial charge in [-0.2, -0.15) is 0 Å². The number of amides is 1. The van der Waals surface area contributed by atoms with Crippen molar-refractivity contribution in [2.75, 3.05) is 18.4 Å². The molecule has 1 atom stereocenters. The second kappa shape index (κ2) is 7.04. The minimum atomic E-state index is 0.0152. The third kappa shape index (κ3) is 4.06. The van der Waals surface area contributed by atoms with E-state index in [-0.39, 0.29) is 5.91 Å². The van der Waals surface area contributed by atoms with Crippen LogP contribution in [-0.2, 0) is 0 Å². The molecule has 100 valence electrons. The zero-order valence-corrected chi connectivity index (χ0v) is 11.8. The topological polar surface area (TPSA) is 41.1 Å². The van der Waals surface area contributed by atoms with Crippen LogP contribution in [0.5, 0.6) is 0 Å². The van der Waals surface area contributed by atoms with Crippen LogP contribution in [0.3, 0.4) is 0 Å². The minimum Gasteiger partial charge on any atom is -0.385 e. The lowest BCUT2D eigenvalue weighted by molar-refractivity contribution is 0.0948.